The molecule has 1 aliphatic rings. The average Bonchev–Trinajstić information content (AvgIpc) is 2.66. The molecule has 0 fully saturated rings. The molecule has 1 N–H and O–H groups in total. The number of nitrogens with zero attached hydrogens (tertiary/aromatic N) is 3. The first-order valence-corrected chi connectivity index (χ1v) is 9.32. The lowest BCUT2D eigenvalue weighted by molar-refractivity contribution is 0.0980. The number of para-hydroxylation sites is 1. The number of aromatic nitrogens is 2. The Bertz CT molecular complexity index is 989. The molecule has 2 heterocycles. The van der Waals surface area contributed by atoms with Gasteiger partial charge in [-0.15, -0.1) is 0 Å². The van der Waals surface area contributed by atoms with E-state index in [4.69, 9.17) is 23.2 Å². The first-order valence-electron chi connectivity index (χ1n) is 8.56. The molecule has 5 nitrogen and oxygen atoms in total. The maximum atomic E-state index is 13.0. The second-order valence-electron chi connectivity index (χ2n) is 6.24. The summed E-state index contributed by atoms with van der Waals surface area (Å²) in [6.07, 6.45) is 3.47. The number of benzene rings is 2. The van der Waals surface area contributed by atoms with Gasteiger partial charge >= 0.3 is 0 Å². The largest absolute Gasteiger partial charge is 0.324 e. The zero-order chi connectivity index (χ0) is 18.8. The molecule has 0 unspecified atom stereocenters. The third-order valence-electron chi connectivity index (χ3n) is 4.35. The van der Waals surface area contributed by atoms with E-state index in [-0.39, 0.29) is 5.91 Å². The van der Waals surface area contributed by atoms with Gasteiger partial charge in [-0.25, -0.2) is 9.97 Å². The predicted octanol–water partition coefficient (Wildman–Crippen LogP) is 5.12. The van der Waals surface area contributed by atoms with Gasteiger partial charge in [0.2, 0.25) is 5.95 Å². The van der Waals surface area contributed by atoms with Crippen LogP contribution in [0.25, 0.3) is 0 Å². The van der Waals surface area contributed by atoms with Crippen molar-refractivity contribution in [3.8, 4) is 0 Å². The van der Waals surface area contributed by atoms with E-state index in [1.165, 1.54) is 5.56 Å². The van der Waals surface area contributed by atoms with Crippen LogP contribution in [0.1, 0.15) is 22.5 Å². The highest BCUT2D eigenvalue weighted by molar-refractivity contribution is 6.35. The van der Waals surface area contributed by atoms with E-state index < -0.39 is 0 Å². The molecule has 0 saturated heterocycles. The van der Waals surface area contributed by atoms with Gasteiger partial charge in [-0.3, -0.25) is 4.79 Å². The molecule has 27 heavy (non-hydrogen) atoms. The fourth-order valence-corrected chi connectivity index (χ4v) is 3.70. The lowest BCUT2D eigenvalue weighted by atomic mass is 10.0. The standard InChI is InChI=1S/C20H16Cl2N4O/c21-14-10-15(22)12-16(11-14)24-20-23-8-7-17(25-20)19(27)26-9-3-5-13-4-1-2-6-18(13)26/h1-2,4,6-8,10-12H,3,5,9H2,(H,23,24,25). The molecular formula is C20H16Cl2N4O. The minimum Gasteiger partial charge on any atom is -0.324 e. The van der Waals surface area contributed by atoms with Crippen LogP contribution in [0.5, 0.6) is 0 Å². The summed E-state index contributed by atoms with van der Waals surface area (Å²) in [7, 11) is 0. The molecule has 136 valence electrons. The minimum absolute atomic E-state index is 0.142. The second-order valence-corrected chi connectivity index (χ2v) is 7.11. The minimum atomic E-state index is -0.142. The van der Waals surface area contributed by atoms with Gasteiger partial charge < -0.3 is 10.2 Å². The molecule has 0 atom stereocenters. The summed E-state index contributed by atoms with van der Waals surface area (Å²) < 4.78 is 0. The average molecular weight is 399 g/mol. The predicted molar refractivity (Wildman–Crippen MR) is 108 cm³/mol. The Morgan fingerprint density at radius 2 is 1.85 bits per heavy atom. The maximum absolute atomic E-state index is 13.0. The summed E-state index contributed by atoms with van der Waals surface area (Å²) >= 11 is 12.0. The quantitative estimate of drug-likeness (QED) is 0.664. The lowest BCUT2D eigenvalue weighted by Crippen LogP contribution is -2.36. The van der Waals surface area contributed by atoms with E-state index in [2.05, 4.69) is 21.4 Å². The van der Waals surface area contributed by atoms with E-state index in [0.717, 1.165) is 18.5 Å². The molecule has 0 bridgehead atoms. The van der Waals surface area contributed by atoms with Crippen LogP contribution in [0.2, 0.25) is 10.0 Å². The smallest absolute Gasteiger partial charge is 0.277 e. The fraction of sp³-hybridized carbons (Fsp3) is 0.150. The molecule has 0 saturated carbocycles. The van der Waals surface area contributed by atoms with Crippen LogP contribution >= 0.6 is 23.2 Å². The fourth-order valence-electron chi connectivity index (χ4n) is 3.18. The topological polar surface area (TPSA) is 58.1 Å². The van der Waals surface area contributed by atoms with Crippen LogP contribution in [0.15, 0.2) is 54.7 Å². The Hall–Kier alpha value is -2.63. The third kappa shape index (κ3) is 3.89. The van der Waals surface area contributed by atoms with Gasteiger partial charge in [0.1, 0.15) is 5.69 Å². The number of hydrogen-bond acceptors (Lipinski definition) is 4. The third-order valence-corrected chi connectivity index (χ3v) is 4.79. The number of carbonyl (C=O) groups excluding carboxylic acids is 1. The molecule has 3 aromatic rings. The van der Waals surface area contributed by atoms with Crippen molar-refractivity contribution in [2.75, 3.05) is 16.8 Å². The number of carbonyl (C=O) groups is 1. The number of fused-ring (bicyclic) bond motifs is 1. The molecular weight excluding hydrogens is 383 g/mol. The van der Waals surface area contributed by atoms with Crippen molar-refractivity contribution < 1.29 is 4.79 Å². The first kappa shape index (κ1) is 17.8. The van der Waals surface area contributed by atoms with Crippen LogP contribution in [0, 0.1) is 0 Å². The Morgan fingerprint density at radius 3 is 2.67 bits per heavy atom. The Morgan fingerprint density at radius 1 is 1.07 bits per heavy atom. The van der Waals surface area contributed by atoms with Crippen molar-refractivity contribution in [3.05, 3.63) is 76.0 Å². The molecule has 0 radical (unpaired) electrons. The molecule has 1 aliphatic heterocycles. The van der Waals surface area contributed by atoms with Crippen molar-refractivity contribution in [2.45, 2.75) is 12.8 Å². The van der Waals surface area contributed by atoms with Crippen molar-refractivity contribution in [1.82, 2.24) is 9.97 Å². The summed E-state index contributed by atoms with van der Waals surface area (Å²) in [5.41, 5.74) is 3.11. The number of nitrogens with one attached hydrogen (secondary N) is 1. The number of hydrogen-bond donors (Lipinski definition) is 1. The highest BCUT2D eigenvalue weighted by Gasteiger charge is 2.24. The lowest BCUT2D eigenvalue weighted by Gasteiger charge is -2.29. The van der Waals surface area contributed by atoms with Gasteiger partial charge in [-0.2, -0.15) is 0 Å². The molecule has 0 aliphatic carbocycles. The Labute approximate surface area is 167 Å². The van der Waals surface area contributed by atoms with Gasteiger partial charge in [0.25, 0.3) is 5.91 Å². The van der Waals surface area contributed by atoms with Gasteiger partial charge in [0.15, 0.2) is 0 Å². The molecule has 0 spiro atoms. The van der Waals surface area contributed by atoms with Crippen molar-refractivity contribution >= 4 is 46.4 Å². The van der Waals surface area contributed by atoms with Crippen LogP contribution in [0.4, 0.5) is 17.3 Å². The zero-order valence-corrected chi connectivity index (χ0v) is 15.8. The van der Waals surface area contributed by atoms with Crippen molar-refractivity contribution in [3.63, 3.8) is 0 Å². The summed E-state index contributed by atoms with van der Waals surface area (Å²) in [6, 6.07) is 14.7. The van der Waals surface area contributed by atoms with Crippen LogP contribution in [-0.4, -0.2) is 22.4 Å². The molecule has 1 amide bonds. The first-order chi connectivity index (χ1) is 13.1. The van der Waals surface area contributed by atoms with E-state index >= 15 is 0 Å². The summed E-state index contributed by atoms with van der Waals surface area (Å²) in [6.45, 7) is 0.673. The maximum Gasteiger partial charge on any atom is 0.277 e. The van der Waals surface area contributed by atoms with Crippen LogP contribution < -0.4 is 10.2 Å². The van der Waals surface area contributed by atoms with E-state index in [0.29, 0.717) is 33.9 Å². The van der Waals surface area contributed by atoms with Crippen molar-refractivity contribution in [1.29, 1.82) is 0 Å². The van der Waals surface area contributed by atoms with Gasteiger partial charge in [-0.05, 0) is 48.7 Å². The molecule has 7 heteroatoms. The number of anilines is 3. The Balaban J connectivity index is 1.60. The number of aryl methyl sites for hydroxylation is 1. The number of rotatable bonds is 3. The highest BCUT2D eigenvalue weighted by Crippen LogP contribution is 2.28. The van der Waals surface area contributed by atoms with Crippen LogP contribution in [0.3, 0.4) is 0 Å². The van der Waals surface area contributed by atoms with Gasteiger partial charge in [0, 0.05) is 34.2 Å². The molecule has 1 aromatic heterocycles. The molecule has 4 rings (SSSR count). The number of amides is 1. The summed E-state index contributed by atoms with van der Waals surface area (Å²) in [5, 5.41) is 4.05. The molecule has 2 aromatic carbocycles. The van der Waals surface area contributed by atoms with E-state index in [1.807, 2.05) is 18.2 Å². The van der Waals surface area contributed by atoms with E-state index in [9.17, 15) is 4.79 Å². The van der Waals surface area contributed by atoms with Crippen LogP contribution in [-0.2, 0) is 6.42 Å². The zero-order valence-electron chi connectivity index (χ0n) is 14.3. The van der Waals surface area contributed by atoms with Gasteiger partial charge in [-0.1, -0.05) is 41.4 Å². The normalized spacial score (nSPS) is 13.2. The SMILES string of the molecule is O=C(c1ccnc(Nc2cc(Cl)cc(Cl)c2)n1)N1CCCc2ccccc21. The highest BCUT2D eigenvalue weighted by atomic mass is 35.5. The Kier molecular flexibility index (Phi) is 4.97. The monoisotopic (exact) mass is 398 g/mol. The van der Waals surface area contributed by atoms with Crippen molar-refractivity contribution in [2.24, 2.45) is 0 Å². The summed E-state index contributed by atoms with van der Waals surface area (Å²) in [4.78, 5) is 23.4. The number of halogens is 2. The second kappa shape index (κ2) is 7.55. The summed E-state index contributed by atoms with van der Waals surface area (Å²) in [5.74, 6) is 0.168. The van der Waals surface area contributed by atoms with Gasteiger partial charge in [0.05, 0.1) is 0 Å². The van der Waals surface area contributed by atoms with E-state index in [1.54, 1.807) is 35.4 Å².